The van der Waals surface area contributed by atoms with Crippen molar-refractivity contribution in [2.24, 2.45) is 5.73 Å². The van der Waals surface area contributed by atoms with Crippen LogP contribution in [0, 0.1) is 18.3 Å². The number of piperazine rings is 1. The van der Waals surface area contributed by atoms with Gasteiger partial charge in [0, 0.05) is 66.6 Å². The van der Waals surface area contributed by atoms with Gasteiger partial charge in [0.15, 0.2) is 0 Å². The monoisotopic (exact) mass is 447 g/mol. The van der Waals surface area contributed by atoms with Crippen molar-refractivity contribution in [3.63, 3.8) is 0 Å². The minimum Gasteiger partial charge on any atom is -0.489 e. The summed E-state index contributed by atoms with van der Waals surface area (Å²) in [5.74, 6) is 1.27. The number of anilines is 2. The third kappa shape index (κ3) is 4.78. The van der Waals surface area contributed by atoms with E-state index in [1.165, 1.54) is 6.20 Å². The van der Waals surface area contributed by atoms with Crippen LogP contribution in [0.2, 0.25) is 0 Å². The number of pyridine rings is 1. The molecule has 0 bridgehead atoms. The second-order valence-corrected chi connectivity index (χ2v) is 8.46. The molecule has 1 aromatic heterocycles. The number of ether oxygens (including phenoxy) is 1. The van der Waals surface area contributed by atoms with Crippen molar-refractivity contribution in [1.29, 1.82) is 5.26 Å². The van der Waals surface area contributed by atoms with Gasteiger partial charge in [0.05, 0.1) is 12.2 Å². The molecule has 9 nitrogen and oxygen atoms in total. The second kappa shape index (κ2) is 9.50. The number of nitrogens with two attached hydrogens (primary N) is 2. The molecule has 7 N–H and O–H groups in total. The van der Waals surface area contributed by atoms with Crippen molar-refractivity contribution >= 4 is 17.3 Å². The highest BCUT2D eigenvalue weighted by molar-refractivity contribution is 5.72. The molecule has 1 fully saturated rings. The Hall–Kier alpha value is -3.58. The Bertz CT molecular complexity index is 1140. The summed E-state index contributed by atoms with van der Waals surface area (Å²) >= 11 is 0. The molecular formula is C24H29N7O2. The zero-order valence-electron chi connectivity index (χ0n) is 18.6. The zero-order valence-corrected chi connectivity index (χ0v) is 18.6. The number of aliphatic hydroxyl groups is 1. The van der Waals surface area contributed by atoms with Crippen LogP contribution in [-0.4, -0.2) is 47.3 Å². The number of nitriles is 1. The molecule has 2 aliphatic heterocycles. The van der Waals surface area contributed by atoms with Crippen molar-refractivity contribution in [3.05, 3.63) is 70.7 Å². The lowest BCUT2D eigenvalue weighted by molar-refractivity contribution is 0.126. The van der Waals surface area contributed by atoms with Gasteiger partial charge in [0.2, 0.25) is 0 Å². The molecule has 4 rings (SSSR count). The largest absolute Gasteiger partial charge is 0.489 e. The van der Waals surface area contributed by atoms with E-state index in [2.05, 4.69) is 33.2 Å². The van der Waals surface area contributed by atoms with Crippen LogP contribution in [0.4, 0.5) is 11.5 Å². The second-order valence-electron chi connectivity index (χ2n) is 8.46. The van der Waals surface area contributed by atoms with Crippen molar-refractivity contribution in [2.45, 2.75) is 25.6 Å². The minimum absolute atomic E-state index is 0.00801. The van der Waals surface area contributed by atoms with Crippen LogP contribution in [0.1, 0.15) is 33.9 Å². The first-order valence-electron chi connectivity index (χ1n) is 10.8. The van der Waals surface area contributed by atoms with Gasteiger partial charge in [-0.25, -0.2) is 4.98 Å². The summed E-state index contributed by atoms with van der Waals surface area (Å²) in [7, 11) is 0. The van der Waals surface area contributed by atoms with Crippen LogP contribution >= 0.6 is 0 Å². The van der Waals surface area contributed by atoms with Gasteiger partial charge < -0.3 is 31.9 Å². The van der Waals surface area contributed by atoms with E-state index in [9.17, 15) is 5.11 Å². The van der Waals surface area contributed by atoms with Crippen molar-refractivity contribution < 1.29 is 9.84 Å². The maximum Gasteiger partial charge on any atom is 0.130 e. The Morgan fingerprint density at radius 3 is 3.03 bits per heavy atom. The van der Waals surface area contributed by atoms with Crippen molar-refractivity contribution in [1.82, 2.24) is 15.2 Å². The molecule has 2 aliphatic rings. The summed E-state index contributed by atoms with van der Waals surface area (Å²) in [6.45, 7) is 8.07. The van der Waals surface area contributed by atoms with Gasteiger partial charge in [-0.2, -0.15) is 5.26 Å². The molecule has 1 saturated heterocycles. The van der Waals surface area contributed by atoms with E-state index in [0.29, 0.717) is 54.8 Å². The van der Waals surface area contributed by atoms with Crippen LogP contribution in [0.3, 0.4) is 0 Å². The van der Waals surface area contributed by atoms with Gasteiger partial charge >= 0.3 is 0 Å². The summed E-state index contributed by atoms with van der Waals surface area (Å²) in [4.78, 5) is 6.42. The molecule has 0 saturated carbocycles. The molecule has 1 aromatic carbocycles. The molecule has 3 heterocycles. The average molecular weight is 448 g/mol. The van der Waals surface area contributed by atoms with E-state index in [0.717, 1.165) is 22.3 Å². The van der Waals surface area contributed by atoms with Gasteiger partial charge in [0.1, 0.15) is 24.3 Å². The lowest BCUT2D eigenvalue weighted by atomic mass is 9.95. The lowest BCUT2D eigenvalue weighted by Gasteiger charge is -2.39. The quantitative estimate of drug-likeness (QED) is 0.416. The number of hydrogen-bond acceptors (Lipinski definition) is 9. The van der Waals surface area contributed by atoms with Gasteiger partial charge in [-0.1, -0.05) is 18.7 Å². The number of hydrogen-bond donors (Lipinski definition) is 5. The first-order valence-corrected chi connectivity index (χ1v) is 10.8. The predicted molar refractivity (Wildman–Crippen MR) is 127 cm³/mol. The lowest BCUT2D eigenvalue weighted by Crippen LogP contribution is -2.54. The Morgan fingerprint density at radius 2 is 2.30 bits per heavy atom. The molecular weight excluding hydrogens is 418 g/mol. The van der Waals surface area contributed by atoms with Gasteiger partial charge in [0.25, 0.3) is 0 Å². The highest BCUT2D eigenvalue weighted by atomic mass is 16.5. The maximum absolute atomic E-state index is 9.85. The average Bonchev–Trinajstić information content (AvgIpc) is 3.19. The first kappa shape index (κ1) is 22.6. The fourth-order valence-electron chi connectivity index (χ4n) is 4.32. The molecule has 0 amide bonds. The van der Waals surface area contributed by atoms with Gasteiger partial charge in [-0.3, -0.25) is 4.90 Å². The fraction of sp³-hybridized carbons (Fsp3) is 0.333. The maximum atomic E-state index is 9.85. The molecule has 9 heteroatoms. The molecule has 172 valence electrons. The highest BCUT2D eigenvalue weighted by Gasteiger charge is 2.30. The number of aromatic nitrogens is 1. The highest BCUT2D eigenvalue weighted by Crippen LogP contribution is 2.37. The summed E-state index contributed by atoms with van der Waals surface area (Å²) in [5.41, 5.74) is 18.4. The molecule has 0 aliphatic carbocycles. The Balaban J connectivity index is 1.46. The SMILES string of the molecule is C=C1OCc2c1ccc(C1CN(C/C(N)=C/Nc3cc(C)c(C#N)cn3)CC(CO)N1)c2N. The standard InChI is InChI=1S/C24H29N7O2/c1-14-5-23(28-7-16(14)6-25)29-8-17(26)9-31-10-18(12-32)30-22(11-31)20-4-3-19-15(2)33-13-21(19)24(20)27/h3-5,7-8,18,22,30,32H,2,9-13,26-27H2,1H3,(H,28,29)/b17-8-. The molecule has 0 spiro atoms. The Labute approximate surface area is 193 Å². The number of nitrogens with zero attached hydrogens (tertiary/aromatic N) is 3. The van der Waals surface area contributed by atoms with E-state index >= 15 is 0 Å². The fourth-order valence-corrected chi connectivity index (χ4v) is 4.32. The third-order valence-electron chi connectivity index (χ3n) is 6.08. The first-order chi connectivity index (χ1) is 15.9. The van der Waals surface area contributed by atoms with Crippen LogP contribution in [0.15, 0.2) is 42.9 Å². The Kier molecular flexibility index (Phi) is 6.51. The van der Waals surface area contributed by atoms with Crippen LogP contribution in [0.25, 0.3) is 5.76 Å². The number of benzene rings is 1. The minimum atomic E-state index is -0.105. The number of fused-ring (bicyclic) bond motifs is 1. The predicted octanol–water partition coefficient (Wildman–Crippen LogP) is 1.56. The van der Waals surface area contributed by atoms with Crippen molar-refractivity contribution in [3.8, 4) is 6.07 Å². The van der Waals surface area contributed by atoms with E-state index in [1.54, 1.807) is 12.3 Å². The molecule has 2 aromatic rings. The molecule has 2 unspecified atom stereocenters. The summed E-state index contributed by atoms with van der Waals surface area (Å²) in [6.07, 6.45) is 3.25. The van der Waals surface area contributed by atoms with E-state index in [-0.39, 0.29) is 18.7 Å². The molecule has 2 atom stereocenters. The normalized spacial score (nSPS) is 20.8. The van der Waals surface area contributed by atoms with Gasteiger partial charge in [-0.15, -0.1) is 0 Å². The Morgan fingerprint density at radius 1 is 1.48 bits per heavy atom. The number of nitrogens with one attached hydrogen (secondary N) is 2. The van der Waals surface area contributed by atoms with Crippen LogP contribution < -0.4 is 22.1 Å². The number of nitrogen functional groups attached to an aromatic ring is 1. The number of rotatable bonds is 6. The van der Waals surface area contributed by atoms with Crippen molar-refractivity contribution in [2.75, 3.05) is 37.3 Å². The van der Waals surface area contributed by atoms with Gasteiger partial charge in [-0.05, 0) is 24.1 Å². The molecule has 33 heavy (non-hydrogen) atoms. The smallest absolute Gasteiger partial charge is 0.130 e. The summed E-state index contributed by atoms with van der Waals surface area (Å²) in [6, 6.07) is 7.75. The number of aliphatic hydroxyl groups excluding tert-OH is 1. The zero-order chi connectivity index (χ0) is 23.5. The number of aryl methyl sites for hydroxylation is 1. The summed E-state index contributed by atoms with van der Waals surface area (Å²) < 4.78 is 5.55. The summed E-state index contributed by atoms with van der Waals surface area (Å²) in [5, 5.41) is 25.5. The van der Waals surface area contributed by atoms with E-state index in [4.69, 9.17) is 21.5 Å². The van der Waals surface area contributed by atoms with E-state index < -0.39 is 0 Å². The third-order valence-corrected chi connectivity index (χ3v) is 6.08. The molecule has 0 radical (unpaired) electrons. The van der Waals surface area contributed by atoms with Crippen LogP contribution in [0.5, 0.6) is 0 Å². The van der Waals surface area contributed by atoms with E-state index in [1.807, 2.05) is 19.1 Å². The van der Waals surface area contributed by atoms with Crippen LogP contribution in [-0.2, 0) is 11.3 Å². The topological polar surface area (TPSA) is 145 Å².